The monoisotopic (exact) mass is 358 g/mol. The van der Waals surface area contributed by atoms with Gasteiger partial charge in [-0.1, -0.05) is 0 Å². The fourth-order valence-electron chi connectivity index (χ4n) is 3.49. The standard InChI is InChI=1S/C17H22N6O3/c24-16(13-3-5-19-20-13)18-6-9-23-14-4-10-26-11-12(14)15(21-23)17(25)22-7-1-2-8-22/h3,5H,1-2,4,6-11H2,(H,18,24)(H,19,20). The number of amides is 2. The summed E-state index contributed by atoms with van der Waals surface area (Å²) in [4.78, 5) is 26.6. The predicted octanol–water partition coefficient (Wildman–Crippen LogP) is 0.345. The molecule has 1 fully saturated rings. The summed E-state index contributed by atoms with van der Waals surface area (Å²) in [5, 5.41) is 13.8. The molecule has 0 aliphatic carbocycles. The zero-order valence-corrected chi connectivity index (χ0v) is 14.5. The number of aromatic amines is 1. The Morgan fingerprint density at radius 1 is 1.31 bits per heavy atom. The van der Waals surface area contributed by atoms with Crippen LogP contribution in [0.4, 0.5) is 0 Å². The average Bonchev–Trinajstić information content (AvgIpc) is 3.41. The van der Waals surface area contributed by atoms with Gasteiger partial charge in [-0.2, -0.15) is 10.2 Å². The van der Waals surface area contributed by atoms with Crippen LogP contribution in [0, 0.1) is 0 Å². The van der Waals surface area contributed by atoms with Crippen LogP contribution in [-0.2, 0) is 24.3 Å². The number of nitrogens with one attached hydrogen (secondary N) is 2. The van der Waals surface area contributed by atoms with Crippen molar-refractivity contribution in [3.63, 3.8) is 0 Å². The molecule has 0 bridgehead atoms. The van der Waals surface area contributed by atoms with Crippen molar-refractivity contribution in [3.05, 3.63) is 34.9 Å². The summed E-state index contributed by atoms with van der Waals surface area (Å²) in [6, 6.07) is 1.62. The van der Waals surface area contributed by atoms with Gasteiger partial charge >= 0.3 is 0 Å². The fourth-order valence-corrected chi connectivity index (χ4v) is 3.49. The van der Waals surface area contributed by atoms with E-state index in [9.17, 15) is 9.59 Å². The number of likely N-dealkylation sites (tertiary alicyclic amines) is 1. The van der Waals surface area contributed by atoms with Crippen molar-refractivity contribution in [1.29, 1.82) is 0 Å². The maximum Gasteiger partial charge on any atom is 0.274 e. The Morgan fingerprint density at radius 2 is 2.15 bits per heavy atom. The first kappa shape index (κ1) is 16.8. The van der Waals surface area contributed by atoms with E-state index in [2.05, 4.69) is 20.6 Å². The van der Waals surface area contributed by atoms with Crippen molar-refractivity contribution in [3.8, 4) is 0 Å². The van der Waals surface area contributed by atoms with Crippen LogP contribution in [0.1, 0.15) is 45.1 Å². The number of carbonyl (C=O) groups excluding carboxylic acids is 2. The molecular weight excluding hydrogens is 336 g/mol. The lowest BCUT2D eigenvalue weighted by Gasteiger charge is -2.17. The Bertz CT molecular complexity index is 792. The van der Waals surface area contributed by atoms with E-state index >= 15 is 0 Å². The summed E-state index contributed by atoms with van der Waals surface area (Å²) in [5.41, 5.74) is 2.86. The minimum atomic E-state index is -0.208. The van der Waals surface area contributed by atoms with Crippen LogP contribution in [0.15, 0.2) is 12.3 Å². The number of hydrogen-bond acceptors (Lipinski definition) is 5. The molecule has 138 valence electrons. The number of aromatic nitrogens is 4. The topological polar surface area (TPSA) is 105 Å². The Kier molecular flexibility index (Phi) is 4.70. The molecule has 26 heavy (non-hydrogen) atoms. The van der Waals surface area contributed by atoms with Crippen LogP contribution < -0.4 is 5.32 Å². The fraction of sp³-hybridized carbons (Fsp3) is 0.529. The predicted molar refractivity (Wildman–Crippen MR) is 91.6 cm³/mol. The van der Waals surface area contributed by atoms with Gasteiger partial charge in [0.15, 0.2) is 5.69 Å². The smallest absolute Gasteiger partial charge is 0.274 e. The van der Waals surface area contributed by atoms with Gasteiger partial charge in [0.1, 0.15) is 5.69 Å². The van der Waals surface area contributed by atoms with Gasteiger partial charge in [-0.05, 0) is 18.9 Å². The lowest BCUT2D eigenvalue weighted by molar-refractivity contribution is 0.0772. The largest absolute Gasteiger partial charge is 0.376 e. The molecule has 4 heterocycles. The van der Waals surface area contributed by atoms with Crippen molar-refractivity contribution >= 4 is 11.8 Å². The minimum absolute atomic E-state index is 0.00973. The molecule has 9 nitrogen and oxygen atoms in total. The van der Waals surface area contributed by atoms with Crippen molar-refractivity contribution in [2.75, 3.05) is 26.2 Å². The van der Waals surface area contributed by atoms with E-state index in [4.69, 9.17) is 4.74 Å². The maximum absolute atomic E-state index is 12.8. The van der Waals surface area contributed by atoms with Crippen molar-refractivity contribution in [2.24, 2.45) is 0 Å². The number of carbonyl (C=O) groups is 2. The molecule has 4 rings (SSSR count). The molecular formula is C17H22N6O3. The zero-order valence-electron chi connectivity index (χ0n) is 14.5. The Labute approximate surface area is 150 Å². The SMILES string of the molecule is O=C(NCCn1nc(C(=O)N2CCCC2)c2c1CCOC2)c1ccn[nH]1. The summed E-state index contributed by atoms with van der Waals surface area (Å²) in [7, 11) is 0. The number of ether oxygens (including phenoxy) is 1. The highest BCUT2D eigenvalue weighted by Crippen LogP contribution is 2.23. The molecule has 2 aliphatic rings. The van der Waals surface area contributed by atoms with E-state index < -0.39 is 0 Å². The first-order valence-corrected chi connectivity index (χ1v) is 8.97. The summed E-state index contributed by atoms with van der Waals surface area (Å²) in [6.07, 6.45) is 4.36. The minimum Gasteiger partial charge on any atom is -0.376 e. The van der Waals surface area contributed by atoms with Crippen LogP contribution in [0.25, 0.3) is 0 Å². The van der Waals surface area contributed by atoms with Gasteiger partial charge in [0.2, 0.25) is 0 Å². The van der Waals surface area contributed by atoms with Gasteiger partial charge in [-0.3, -0.25) is 19.4 Å². The third kappa shape index (κ3) is 3.22. The van der Waals surface area contributed by atoms with E-state index in [-0.39, 0.29) is 11.8 Å². The van der Waals surface area contributed by atoms with Gasteiger partial charge in [-0.25, -0.2) is 0 Å². The average molecular weight is 358 g/mol. The molecule has 2 aromatic heterocycles. The highest BCUT2D eigenvalue weighted by atomic mass is 16.5. The van der Waals surface area contributed by atoms with Crippen LogP contribution in [-0.4, -0.2) is 62.9 Å². The molecule has 0 spiro atoms. The molecule has 0 unspecified atom stereocenters. The van der Waals surface area contributed by atoms with Gasteiger partial charge in [-0.15, -0.1) is 0 Å². The molecule has 2 amide bonds. The van der Waals surface area contributed by atoms with Gasteiger partial charge < -0.3 is 15.0 Å². The van der Waals surface area contributed by atoms with E-state index in [1.165, 1.54) is 6.20 Å². The lowest BCUT2D eigenvalue weighted by atomic mass is 10.1. The Morgan fingerprint density at radius 3 is 2.92 bits per heavy atom. The zero-order chi connectivity index (χ0) is 17.9. The third-order valence-electron chi connectivity index (χ3n) is 4.85. The van der Waals surface area contributed by atoms with Crippen LogP contribution in [0.2, 0.25) is 0 Å². The quantitative estimate of drug-likeness (QED) is 0.802. The van der Waals surface area contributed by atoms with Crippen molar-refractivity contribution in [2.45, 2.75) is 32.4 Å². The second kappa shape index (κ2) is 7.28. The number of fused-ring (bicyclic) bond motifs is 1. The highest BCUT2D eigenvalue weighted by molar-refractivity contribution is 5.94. The molecule has 2 aliphatic heterocycles. The maximum atomic E-state index is 12.8. The van der Waals surface area contributed by atoms with Gasteiger partial charge in [0.05, 0.1) is 19.8 Å². The van der Waals surface area contributed by atoms with E-state index in [1.807, 2.05) is 9.58 Å². The molecule has 0 saturated carbocycles. The first-order valence-electron chi connectivity index (χ1n) is 8.97. The molecule has 0 radical (unpaired) electrons. The Balaban J connectivity index is 1.47. The Hall–Kier alpha value is -2.68. The first-order chi connectivity index (χ1) is 12.7. The van der Waals surface area contributed by atoms with Crippen LogP contribution in [0.5, 0.6) is 0 Å². The normalized spacial score (nSPS) is 16.5. The lowest BCUT2D eigenvalue weighted by Crippen LogP contribution is -2.29. The number of nitrogens with zero attached hydrogens (tertiary/aromatic N) is 4. The number of rotatable bonds is 5. The summed E-state index contributed by atoms with van der Waals surface area (Å²) < 4.78 is 7.39. The molecule has 1 saturated heterocycles. The molecule has 2 N–H and O–H groups in total. The second-order valence-electron chi connectivity index (χ2n) is 6.53. The summed E-state index contributed by atoms with van der Waals surface area (Å²) >= 11 is 0. The third-order valence-corrected chi connectivity index (χ3v) is 4.85. The number of H-pyrrole nitrogens is 1. The van der Waals surface area contributed by atoms with Crippen molar-refractivity contribution < 1.29 is 14.3 Å². The summed E-state index contributed by atoms with van der Waals surface area (Å²) in [6.45, 7) is 3.56. The molecule has 0 aromatic carbocycles. The van der Waals surface area contributed by atoms with E-state index in [1.54, 1.807) is 6.07 Å². The van der Waals surface area contributed by atoms with E-state index in [0.29, 0.717) is 37.7 Å². The molecule has 0 atom stereocenters. The van der Waals surface area contributed by atoms with Gasteiger partial charge in [0.25, 0.3) is 11.8 Å². The van der Waals surface area contributed by atoms with Crippen LogP contribution >= 0.6 is 0 Å². The molecule has 9 heteroatoms. The molecule has 2 aromatic rings. The van der Waals surface area contributed by atoms with Crippen LogP contribution in [0.3, 0.4) is 0 Å². The second-order valence-corrected chi connectivity index (χ2v) is 6.53. The van der Waals surface area contributed by atoms with E-state index in [0.717, 1.165) is 43.6 Å². The van der Waals surface area contributed by atoms with Crippen molar-refractivity contribution in [1.82, 2.24) is 30.2 Å². The van der Waals surface area contributed by atoms with Gasteiger partial charge in [0, 0.05) is 43.5 Å². The highest BCUT2D eigenvalue weighted by Gasteiger charge is 2.29. The summed E-state index contributed by atoms with van der Waals surface area (Å²) in [5.74, 6) is -0.218. The number of hydrogen-bond donors (Lipinski definition) is 2.